The Morgan fingerprint density at radius 3 is 2.04 bits per heavy atom. The average Bonchev–Trinajstić information content (AvgIpc) is 3.68. The molecule has 5 aliphatic carbocycles. The molecule has 4 saturated carbocycles. The van der Waals surface area contributed by atoms with E-state index in [0.29, 0.717) is 23.9 Å². The van der Waals surface area contributed by atoms with Crippen molar-refractivity contribution in [1.29, 1.82) is 0 Å². The molecular formula is C71H120N5O3+. The van der Waals surface area contributed by atoms with Gasteiger partial charge in [0.25, 0.3) is 0 Å². The molecule has 0 bridgehead atoms. The van der Waals surface area contributed by atoms with Gasteiger partial charge in [0.1, 0.15) is 13.8 Å². The number of ether oxygens (including phenoxy) is 1. The highest BCUT2D eigenvalue weighted by Gasteiger charge is 2.59. The molecule has 446 valence electrons. The molecule has 4 heterocycles. The SMILES string of the molecule is CCC(CCC(CCC(C)(CC)C(=O)NCOC)C1CCN(CCO)CC1)C1CCN(CCCCC2=C(/C=C/C3=[N+](C)C4CCC5CCCCC5C4C3(C)C)CCC/C2=C\C=C2\N(C)C3CCC4CCCCC4C3C2(C)C)CC1. The average molecular weight is 1090 g/mol. The summed E-state index contributed by atoms with van der Waals surface area (Å²) in [6.45, 7) is 24.6. The lowest BCUT2D eigenvalue weighted by atomic mass is 9.57. The van der Waals surface area contributed by atoms with Gasteiger partial charge in [0, 0.05) is 61.7 Å². The Bertz CT molecular complexity index is 2150. The molecule has 3 saturated heterocycles. The topological polar surface area (TPSA) is 71.3 Å². The van der Waals surface area contributed by atoms with E-state index in [0.717, 1.165) is 86.2 Å². The molecule has 8 heteroatoms. The van der Waals surface area contributed by atoms with Crippen molar-refractivity contribution in [2.75, 3.05) is 73.8 Å². The number of amides is 1. The number of allylic oxidation sites excluding steroid dienone is 8. The van der Waals surface area contributed by atoms with E-state index >= 15 is 0 Å². The fraction of sp³-hybridized carbons (Fsp3) is 0.859. The highest BCUT2D eigenvalue weighted by molar-refractivity contribution is 5.97. The first-order chi connectivity index (χ1) is 38.1. The van der Waals surface area contributed by atoms with Crippen LogP contribution < -0.4 is 5.32 Å². The molecular weight excluding hydrogens is 971 g/mol. The quantitative estimate of drug-likeness (QED) is 0.0604. The largest absolute Gasteiger partial charge is 0.395 e. The number of β-amino-alcohol motifs (C(OH)–C–C–N with tert-alkyl or cyclic N) is 1. The van der Waals surface area contributed by atoms with Crippen molar-refractivity contribution >= 4 is 11.6 Å². The van der Waals surface area contributed by atoms with Crippen molar-refractivity contribution in [3.8, 4) is 0 Å². The molecule has 11 atom stereocenters. The summed E-state index contributed by atoms with van der Waals surface area (Å²) < 4.78 is 8.00. The normalized spacial score (nSPS) is 33.5. The molecule has 7 fully saturated rings. The molecule has 0 radical (unpaired) electrons. The zero-order valence-corrected chi connectivity index (χ0v) is 52.7. The third-order valence-electron chi connectivity index (χ3n) is 25.0. The van der Waals surface area contributed by atoms with Crippen molar-refractivity contribution in [1.82, 2.24) is 20.0 Å². The van der Waals surface area contributed by atoms with Crippen molar-refractivity contribution in [3.63, 3.8) is 0 Å². The van der Waals surface area contributed by atoms with Crippen molar-refractivity contribution < 1.29 is 19.2 Å². The Morgan fingerprint density at radius 2 is 1.38 bits per heavy atom. The van der Waals surface area contributed by atoms with Gasteiger partial charge in [-0.25, -0.2) is 4.58 Å². The summed E-state index contributed by atoms with van der Waals surface area (Å²) in [6, 6.07) is 1.41. The van der Waals surface area contributed by atoms with E-state index in [-0.39, 0.29) is 35.5 Å². The number of nitrogens with one attached hydrogen (secondary N) is 1. The lowest BCUT2D eigenvalue weighted by Gasteiger charge is -2.47. The van der Waals surface area contributed by atoms with Crippen molar-refractivity contribution in [2.24, 2.45) is 75.4 Å². The number of piperidine rings is 2. The minimum Gasteiger partial charge on any atom is -0.395 e. The van der Waals surface area contributed by atoms with Crippen LogP contribution in [0.4, 0.5) is 0 Å². The number of likely N-dealkylation sites (tertiary alicyclic amines) is 3. The standard InChI is InChI=1S/C71H119N5O3/c1-11-51(27-28-52(54-40-46-76(47-41-54)48-49-77)37-42-71(7,12-2)68(78)72-50-79-10)53-38-44-75(45-39-53)43-18-17-24-59-55(31-35-64-69(3,4)66-60-25-15-13-20-57(60)29-33-62(66)73(64)8)22-19-23-56(59)32-36-65-70(5,6)67-61-26-16-14-21-58(61)30-34-63(67)74(65)9/h31-32,35-36,51-54,57-58,60-63,66-67,77H,11-30,33-34,37-50H2,1-10H3/p+1. The third kappa shape index (κ3) is 13.6. The summed E-state index contributed by atoms with van der Waals surface area (Å²) in [7, 11) is 6.57. The van der Waals surface area contributed by atoms with Crippen LogP contribution in [-0.2, 0) is 9.53 Å². The Hall–Kier alpha value is -2.26. The van der Waals surface area contributed by atoms with Crippen LogP contribution in [0.25, 0.3) is 0 Å². The van der Waals surface area contributed by atoms with Crippen LogP contribution in [0.1, 0.15) is 228 Å². The molecule has 9 aliphatic rings. The predicted octanol–water partition coefficient (Wildman–Crippen LogP) is 15.0. The van der Waals surface area contributed by atoms with E-state index in [2.05, 4.69) is 111 Å². The maximum atomic E-state index is 13.4. The lowest BCUT2D eigenvalue weighted by molar-refractivity contribution is -0.541. The molecule has 2 N–H and O–H groups in total. The number of methoxy groups -OCH3 is 1. The van der Waals surface area contributed by atoms with Gasteiger partial charge in [-0.2, -0.15) is 0 Å². The maximum absolute atomic E-state index is 13.4. The van der Waals surface area contributed by atoms with Crippen LogP contribution in [0.15, 0.2) is 46.7 Å². The van der Waals surface area contributed by atoms with Gasteiger partial charge < -0.3 is 29.9 Å². The number of aliphatic hydroxyl groups excluding tert-OH is 1. The molecule has 1 amide bonds. The monoisotopic (exact) mass is 1090 g/mol. The second kappa shape index (κ2) is 27.6. The van der Waals surface area contributed by atoms with Crippen LogP contribution in [0.5, 0.6) is 0 Å². The summed E-state index contributed by atoms with van der Waals surface area (Å²) in [6.07, 6.45) is 47.4. The number of fused-ring (bicyclic) bond motifs is 6. The third-order valence-corrected chi connectivity index (χ3v) is 25.0. The summed E-state index contributed by atoms with van der Waals surface area (Å²) in [5.74, 6) is 8.43. The smallest absolute Gasteiger partial charge is 0.227 e. The van der Waals surface area contributed by atoms with Crippen LogP contribution in [-0.4, -0.2) is 122 Å². The number of hydrogen-bond donors (Lipinski definition) is 2. The summed E-state index contributed by atoms with van der Waals surface area (Å²) in [5.41, 5.74) is 8.27. The fourth-order valence-electron chi connectivity index (χ4n) is 20.2. The van der Waals surface area contributed by atoms with Crippen LogP contribution in [0.2, 0.25) is 0 Å². The number of carbonyl (C=O) groups excluding carboxylic acids is 1. The number of carbonyl (C=O) groups is 1. The Balaban J connectivity index is 0.854. The van der Waals surface area contributed by atoms with Gasteiger partial charge in [0.15, 0.2) is 11.8 Å². The highest BCUT2D eigenvalue weighted by atomic mass is 16.5. The number of nitrogens with zero attached hydrogens (tertiary/aromatic N) is 4. The molecule has 4 aliphatic heterocycles. The number of hydrogen-bond acceptors (Lipinski definition) is 6. The first-order valence-electron chi connectivity index (χ1n) is 34.1. The van der Waals surface area contributed by atoms with E-state index in [9.17, 15) is 9.90 Å². The Morgan fingerprint density at radius 1 is 0.747 bits per heavy atom. The second-order valence-corrected chi connectivity index (χ2v) is 29.7. The van der Waals surface area contributed by atoms with E-state index in [4.69, 9.17) is 4.74 Å². The van der Waals surface area contributed by atoms with Gasteiger partial charge in [-0.05, 0) is 251 Å². The summed E-state index contributed by atoms with van der Waals surface area (Å²) in [5, 5.41) is 12.7. The number of unbranched alkanes of at least 4 members (excludes halogenated alkanes) is 1. The fourth-order valence-corrected chi connectivity index (χ4v) is 20.2. The molecule has 11 unspecified atom stereocenters. The highest BCUT2D eigenvalue weighted by Crippen LogP contribution is 2.59. The Kier molecular flexibility index (Phi) is 21.4. The molecule has 0 aromatic heterocycles. The molecule has 0 aromatic carbocycles. The van der Waals surface area contributed by atoms with Crippen LogP contribution in [0, 0.1) is 75.4 Å². The summed E-state index contributed by atoms with van der Waals surface area (Å²) in [4.78, 5) is 21.4. The number of aliphatic hydroxyl groups is 1. The first-order valence-corrected chi connectivity index (χ1v) is 34.1. The molecule has 0 aromatic rings. The van der Waals surface area contributed by atoms with Gasteiger partial charge in [0.2, 0.25) is 5.91 Å². The van der Waals surface area contributed by atoms with Crippen LogP contribution >= 0.6 is 0 Å². The van der Waals surface area contributed by atoms with Gasteiger partial charge >= 0.3 is 0 Å². The van der Waals surface area contributed by atoms with Gasteiger partial charge in [-0.1, -0.05) is 91.7 Å². The van der Waals surface area contributed by atoms with Gasteiger partial charge in [0.05, 0.1) is 12.0 Å². The van der Waals surface area contributed by atoms with E-state index in [1.54, 1.807) is 35.2 Å². The van der Waals surface area contributed by atoms with Crippen LogP contribution in [0.3, 0.4) is 0 Å². The molecule has 79 heavy (non-hydrogen) atoms. The zero-order chi connectivity index (χ0) is 55.9. The second-order valence-electron chi connectivity index (χ2n) is 29.7. The van der Waals surface area contributed by atoms with E-state index in [1.807, 2.05) is 0 Å². The number of rotatable bonds is 23. The molecule has 8 nitrogen and oxygen atoms in total. The molecule has 0 spiro atoms. The minimum absolute atomic E-state index is 0.138. The summed E-state index contributed by atoms with van der Waals surface area (Å²) >= 11 is 0. The lowest BCUT2D eigenvalue weighted by Crippen LogP contribution is -2.45. The van der Waals surface area contributed by atoms with Crippen molar-refractivity contribution in [2.45, 2.75) is 240 Å². The maximum Gasteiger partial charge on any atom is 0.227 e. The molecule has 9 rings (SSSR count). The Labute approximate surface area is 484 Å². The first kappa shape index (κ1) is 61.3. The van der Waals surface area contributed by atoms with E-state index in [1.165, 1.54) is 180 Å². The van der Waals surface area contributed by atoms with Gasteiger partial charge in [-0.15, -0.1) is 0 Å². The zero-order valence-electron chi connectivity index (χ0n) is 52.7. The van der Waals surface area contributed by atoms with Crippen molar-refractivity contribution in [3.05, 3.63) is 46.7 Å². The van der Waals surface area contributed by atoms with Gasteiger partial charge in [-0.3, -0.25) is 4.79 Å². The van der Waals surface area contributed by atoms with E-state index < -0.39 is 0 Å². The minimum atomic E-state index is -0.364. The predicted molar refractivity (Wildman–Crippen MR) is 330 cm³/mol.